The highest BCUT2D eigenvalue weighted by Gasteiger charge is 2.23. The fraction of sp³-hybridized carbons (Fsp3) is 0. The molecule has 10 aromatic carbocycles. The minimum Gasteiger partial charge on any atom is -0.456 e. The number of furan rings is 1. The van der Waals surface area contributed by atoms with Crippen LogP contribution in [0.1, 0.15) is 0 Å². The van der Waals surface area contributed by atoms with E-state index in [4.69, 9.17) is 4.42 Å². The highest BCUT2D eigenvalue weighted by molar-refractivity contribution is 7.26. The van der Waals surface area contributed by atoms with Crippen molar-refractivity contribution in [1.82, 2.24) is 0 Å². The van der Waals surface area contributed by atoms with Crippen molar-refractivity contribution in [2.45, 2.75) is 0 Å². The number of para-hydroxylation sites is 3. The molecule has 0 aliphatic carbocycles. The molecule has 12 aromatic rings. The monoisotopic (exact) mass is 810 g/mol. The van der Waals surface area contributed by atoms with Gasteiger partial charge >= 0.3 is 0 Å². The van der Waals surface area contributed by atoms with Crippen molar-refractivity contribution >= 4 is 98.3 Å². The van der Waals surface area contributed by atoms with Gasteiger partial charge < -0.3 is 14.2 Å². The summed E-state index contributed by atoms with van der Waals surface area (Å²) in [6, 6.07) is 82.9. The summed E-state index contributed by atoms with van der Waals surface area (Å²) in [6.07, 6.45) is 0. The van der Waals surface area contributed by atoms with Crippen molar-refractivity contribution in [3.63, 3.8) is 0 Å². The van der Waals surface area contributed by atoms with E-state index in [-0.39, 0.29) is 0 Å². The van der Waals surface area contributed by atoms with E-state index < -0.39 is 0 Å². The van der Waals surface area contributed by atoms with Gasteiger partial charge in [-0.25, -0.2) is 0 Å². The fourth-order valence-electron chi connectivity index (χ4n) is 9.21. The van der Waals surface area contributed by atoms with Crippen molar-refractivity contribution in [2.24, 2.45) is 0 Å². The molecule has 3 nitrogen and oxygen atoms in total. The van der Waals surface area contributed by atoms with Gasteiger partial charge in [-0.2, -0.15) is 0 Å². The van der Waals surface area contributed by atoms with E-state index in [0.29, 0.717) is 0 Å². The summed E-state index contributed by atoms with van der Waals surface area (Å²) < 4.78 is 9.03. The van der Waals surface area contributed by atoms with Gasteiger partial charge in [-0.3, -0.25) is 0 Å². The third-order valence-electron chi connectivity index (χ3n) is 12.0. The SMILES string of the molecule is c1ccc(-c2ccc(N(c3ccc4c(c3)oc3ccccc34)c3cc4sc5ccc(N(c6ccccc6)c6ccccc6)cc5c4c4ccccc34)cc2-c2ccccc2)cc1. The summed E-state index contributed by atoms with van der Waals surface area (Å²) in [5.74, 6) is 0. The van der Waals surface area contributed by atoms with Crippen LogP contribution in [-0.4, -0.2) is 0 Å². The van der Waals surface area contributed by atoms with Crippen molar-refractivity contribution in [3.8, 4) is 22.3 Å². The molecule has 2 aromatic heterocycles. The topological polar surface area (TPSA) is 19.6 Å². The maximum Gasteiger partial charge on any atom is 0.137 e. The number of nitrogens with zero attached hydrogens (tertiary/aromatic N) is 2. The molecule has 0 N–H and O–H groups in total. The van der Waals surface area contributed by atoms with Crippen LogP contribution in [0.3, 0.4) is 0 Å². The van der Waals surface area contributed by atoms with E-state index in [1.807, 2.05) is 17.4 Å². The highest BCUT2D eigenvalue weighted by Crippen LogP contribution is 2.49. The Bertz CT molecular complexity index is 3540. The second kappa shape index (κ2) is 15.0. The van der Waals surface area contributed by atoms with Crippen LogP contribution in [0.2, 0.25) is 0 Å². The minimum atomic E-state index is 0.860. The Labute approximate surface area is 363 Å². The number of hydrogen-bond donors (Lipinski definition) is 0. The third-order valence-corrected chi connectivity index (χ3v) is 13.1. The Balaban J connectivity index is 1.11. The van der Waals surface area contributed by atoms with Crippen LogP contribution >= 0.6 is 11.3 Å². The van der Waals surface area contributed by atoms with Gasteiger partial charge in [0, 0.05) is 70.8 Å². The first-order valence-electron chi connectivity index (χ1n) is 21.0. The molecule has 0 bridgehead atoms. The molecular weight excluding hydrogens is 773 g/mol. The molecule has 0 spiro atoms. The smallest absolute Gasteiger partial charge is 0.137 e. The average molecular weight is 811 g/mol. The summed E-state index contributed by atoms with van der Waals surface area (Å²) in [4.78, 5) is 4.77. The Morgan fingerprint density at radius 2 is 0.839 bits per heavy atom. The molecule has 0 aliphatic heterocycles. The summed E-state index contributed by atoms with van der Waals surface area (Å²) in [5, 5.41) is 7.13. The predicted octanol–water partition coefficient (Wildman–Crippen LogP) is 17.4. The average Bonchev–Trinajstić information content (AvgIpc) is 3.91. The van der Waals surface area contributed by atoms with Crippen molar-refractivity contribution in [2.75, 3.05) is 9.80 Å². The van der Waals surface area contributed by atoms with Gasteiger partial charge in [0.25, 0.3) is 0 Å². The van der Waals surface area contributed by atoms with Crippen LogP contribution in [0.25, 0.3) is 75.1 Å². The minimum absolute atomic E-state index is 0.860. The quantitative estimate of drug-likeness (QED) is 0.152. The maximum absolute atomic E-state index is 6.55. The molecule has 0 amide bonds. The number of hydrogen-bond acceptors (Lipinski definition) is 4. The van der Waals surface area contributed by atoms with Crippen LogP contribution in [0.4, 0.5) is 34.1 Å². The molecule has 0 radical (unpaired) electrons. The van der Waals surface area contributed by atoms with Crippen LogP contribution in [-0.2, 0) is 0 Å². The molecule has 0 saturated carbocycles. The first-order valence-corrected chi connectivity index (χ1v) is 21.8. The van der Waals surface area contributed by atoms with Crippen LogP contribution in [0, 0.1) is 0 Å². The summed E-state index contributed by atoms with van der Waals surface area (Å²) in [5.41, 5.74) is 13.0. The maximum atomic E-state index is 6.55. The normalized spacial score (nSPS) is 11.5. The first kappa shape index (κ1) is 36.0. The van der Waals surface area contributed by atoms with E-state index in [9.17, 15) is 0 Å². The zero-order valence-corrected chi connectivity index (χ0v) is 34.5. The number of anilines is 6. The molecular formula is C58H38N2OS. The molecule has 4 heteroatoms. The summed E-state index contributed by atoms with van der Waals surface area (Å²) in [7, 11) is 0. The van der Waals surface area contributed by atoms with Crippen LogP contribution in [0.5, 0.6) is 0 Å². The second-order valence-corrected chi connectivity index (χ2v) is 16.8. The van der Waals surface area contributed by atoms with Gasteiger partial charge in [0.1, 0.15) is 11.2 Å². The molecule has 0 saturated heterocycles. The zero-order valence-electron chi connectivity index (χ0n) is 33.7. The molecule has 0 fully saturated rings. The van der Waals surface area contributed by atoms with E-state index in [0.717, 1.165) is 56.1 Å². The van der Waals surface area contributed by atoms with E-state index in [1.165, 1.54) is 53.2 Å². The lowest BCUT2D eigenvalue weighted by Gasteiger charge is -2.28. The van der Waals surface area contributed by atoms with E-state index >= 15 is 0 Å². The molecule has 0 aliphatic rings. The third kappa shape index (κ3) is 6.11. The molecule has 62 heavy (non-hydrogen) atoms. The van der Waals surface area contributed by atoms with Crippen molar-refractivity contribution < 1.29 is 4.42 Å². The first-order chi connectivity index (χ1) is 30.7. The lowest BCUT2D eigenvalue weighted by Crippen LogP contribution is -2.11. The van der Waals surface area contributed by atoms with Gasteiger partial charge in [-0.05, 0) is 107 Å². The lowest BCUT2D eigenvalue weighted by atomic mass is 9.93. The number of rotatable bonds is 8. The predicted molar refractivity (Wildman–Crippen MR) is 264 cm³/mol. The summed E-state index contributed by atoms with van der Waals surface area (Å²) >= 11 is 1.85. The van der Waals surface area contributed by atoms with Gasteiger partial charge in [0.05, 0.1) is 5.69 Å². The van der Waals surface area contributed by atoms with Crippen molar-refractivity contribution in [1.29, 1.82) is 0 Å². The van der Waals surface area contributed by atoms with Crippen LogP contribution in [0.15, 0.2) is 235 Å². The van der Waals surface area contributed by atoms with E-state index in [2.05, 4.69) is 234 Å². The number of fused-ring (bicyclic) bond motifs is 8. The Morgan fingerprint density at radius 3 is 1.55 bits per heavy atom. The Morgan fingerprint density at radius 1 is 0.306 bits per heavy atom. The number of benzene rings is 10. The molecule has 12 rings (SSSR count). The highest BCUT2D eigenvalue weighted by atomic mass is 32.1. The lowest BCUT2D eigenvalue weighted by molar-refractivity contribution is 0.669. The molecule has 0 unspecified atom stereocenters. The van der Waals surface area contributed by atoms with Gasteiger partial charge in [-0.1, -0.05) is 146 Å². The molecule has 292 valence electrons. The standard InChI is InChI=1S/C58H38N2OS/c1-5-17-39(18-6-1)46-32-29-44(35-51(46)40-19-7-2-8-20-40)60(45-30-33-49-48-26-15-16-28-54(48)61-55(49)37-45)53-38-57-58(50-27-14-13-25-47(50)53)52-36-43(31-34-56(52)62-57)59(41-21-9-3-10-22-41)42-23-11-4-12-24-42/h1-38H. The van der Waals surface area contributed by atoms with Gasteiger partial charge in [0.2, 0.25) is 0 Å². The fourth-order valence-corrected chi connectivity index (χ4v) is 10.4. The second-order valence-electron chi connectivity index (χ2n) is 15.7. The van der Waals surface area contributed by atoms with E-state index in [1.54, 1.807) is 0 Å². The summed E-state index contributed by atoms with van der Waals surface area (Å²) in [6.45, 7) is 0. The molecule has 2 heterocycles. The van der Waals surface area contributed by atoms with Crippen LogP contribution < -0.4 is 9.80 Å². The zero-order chi connectivity index (χ0) is 41.0. The Kier molecular flexibility index (Phi) is 8.68. The molecule has 0 atom stereocenters. The largest absolute Gasteiger partial charge is 0.456 e. The number of thiophene rings is 1. The van der Waals surface area contributed by atoms with Gasteiger partial charge in [-0.15, -0.1) is 11.3 Å². The Hall–Kier alpha value is -7.92. The van der Waals surface area contributed by atoms with Crippen molar-refractivity contribution in [3.05, 3.63) is 231 Å². The van der Waals surface area contributed by atoms with Gasteiger partial charge in [0.15, 0.2) is 0 Å².